The Kier molecular flexibility index (Phi) is 3.34. The molecule has 1 unspecified atom stereocenters. The van der Waals surface area contributed by atoms with Gasteiger partial charge in [-0.25, -0.2) is 0 Å². The topological polar surface area (TPSA) is 46.2 Å². The molecule has 1 aliphatic carbocycles. The Morgan fingerprint density at radius 1 is 1.36 bits per heavy atom. The van der Waals surface area contributed by atoms with Crippen molar-refractivity contribution < 1.29 is 5.11 Å². The Morgan fingerprint density at radius 3 is 2.36 bits per heavy atom. The van der Waals surface area contributed by atoms with Gasteiger partial charge in [0.2, 0.25) is 0 Å². The highest BCUT2D eigenvalue weighted by Crippen LogP contribution is 2.26. The van der Waals surface area contributed by atoms with Gasteiger partial charge < -0.3 is 10.8 Å². The first kappa shape index (κ1) is 9.01. The Labute approximate surface area is 68.8 Å². The van der Waals surface area contributed by atoms with E-state index in [1.165, 1.54) is 12.8 Å². The zero-order valence-corrected chi connectivity index (χ0v) is 7.29. The molecule has 66 valence electrons. The Balaban J connectivity index is 2.17. The summed E-state index contributed by atoms with van der Waals surface area (Å²) in [6.45, 7) is 1.87. The van der Waals surface area contributed by atoms with Crippen molar-refractivity contribution in [2.45, 2.75) is 51.2 Å². The van der Waals surface area contributed by atoms with Crippen LogP contribution in [0.25, 0.3) is 0 Å². The van der Waals surface area contributed by atoms with Crippen LogP contribution in [0.15, 0.2) is 0 Å². The van der Waals surface area contributed by atoms with Gasteiger partial charge in [-0.15, -0.1) is 0 Å². The molecular formula is C9H19NO. The standard InChI is InChI=1S/C9H19NO/c1-7(11)6-8-2-4-9(10)5-3-8/h7-9,11H,2-6,10H2,1H3/t7?,8-,9-. The van der Waals surface area contributed by atoms with E-state index in [9.17, 15) is 0 Å². The van der Waals surface area contributed by atoms with E-state index in [1.807, 2.05) is 6.92 Å². The zero-order valence-electron chi connectivity index (χ0n) is 7.29. The van der Waals surface area contributed by atoms with E-state index in [0.717, 1.165) is 25.2 Å². The lowest BCUT2D eigenvalue weighted by molar-refractivity contribution is 0.144. The van der Waals surface area contributed by atoms with Gasteiger partial charge >= 0.3 is 0 Å². The molecule has 1 rings (SSSR count). The van der Waals surface area contributed by atoms with E-state index >= 15 is 0 Å². The fourth-order valence-electron chi connectivity index (χ4n) is 1.91. The fourth-order valence-corrected chi connectivity index (χ4v) is 1.91. The summed E-state index contributed by atoms with van der Waals surface area (Å²) in [4.78, 5) is 0. The van der Waals surface area contributed by atoms with Crippen molar-refractivity contribution in [1.82, 2.24) is 0 Å². The lowest BCUT2D eigenvalue weighted by Gasteiger charge is -2.26. The van der Waals surface area contributed by atoms with Gasteiger partial charge in [-0.1, -0.05) is 0 Å². The van der Waals surface area contributed by atoms with E-state index < -0.39 is 0 Å². The third-order valence-corrected chi connectivity index (χ3v) is 2.57. The van der Waals surface area contributed by atoms with Crippen LogP contribution in [0.3, 0.4) is 0 Å². The highest BCUT2D eigenvalue weighted by atomic mass is 16.3. The van der Waals surface area contributed by atoms with Crippen molar-refractivity contribution >= 4 is 0 Å². The van der Waals surface area contributed by atoms with Crippen LogP contribution in [0.4, 0.5) is 0 Å². The van der Waals surface area contributed by atoms with Crippen LogP contribution in [-0.4, -0.2) is 17.3 Å². The third kappa shape index (κ3) is 3.21. The second kappa shape index (κ2) is 4.07. The molecule has 1 fully saturated rings. The van der Waals surface area contributed by atoms with E-state index in [2.05, 4.69) is 0 Å². The summed E-state index contributed by atoms with van der Waals surface area (Å²) in [5.41, 5.74) is 5.77. The van der Waals surface area contributed by atoms with E-state index in [1.54, 1.807) is 0 Å². The van der Waals surface area contributed by atoms with Gasteiger partial charge in [0, 0.05) is 6.04 Å². The number of rotatable bonds is 2. The van der Waals surface area contributed by atoms with Crippen LogP contribution in [-0.2, 0) is 0 Å². The third-order valence-electron chi connectivity index (χ3n) is 2.57. The predicted octanol–water partition coefficient (Wildman–Crippen LogP) is 1.27. The molecule has 1 saturated carbocycles. The molecule has 0 spiro atoms. The maximum atomic E-state index is 9.14. The molecule has 0 radical (unpaired) electrons. The lowest BCUT2D eigenvalue weighted by atomic mass is 9.83. The molecule has 0 aliphatic heterocycles. The molecule has 1 atom stereocenters. The van der Waals surface area contributed by atoms with Gasteiger partial charge in [-0.2, -0.15) is 0 Å². The highest BCUT2D eigenvalue weighted by molar-refractivity contribution is 4.75. The highest BCUT2D eigenvalue weighted by Gasteiger charge is 2.19. The summed E-state index contributed by atoms with van der Waals surface area (Å²) in [6, 6.07) is 0.431. The average molecular weight is 157 g/mol. The summed E-state index contributed by atoms with van der Waals surface area (Å²) >= 11 is 0. The number of nitrogens with two attached hydrogens (primary N) is 1. The van der Waals surface area contributed by atoms with Crippen molar-refractivity contribution in [3.8, 4) is 0 Å². The fraction of sp³-hybridized carbons (Fsp3) is 1.00. The molecule has 0 aromatic heterocycles. The molecule has 2 nitrogen and oxygen atoms in total. The summed E-state index contributed by atoms with van der Waals surface area (Å²) < 4.78 is 0. The molecule has 0 saturated heterocycles. The second-order valence-electron chi connectivity index (χ2n) is 3.87. The number of aliphatic hydroxyl groups excluding tert-OH is 1. The van der Waals surface area contributed by atoms with Crippen molar-refractivity contribution in [1.29, 1.82) is 0 Å². The Morgan fingerprint density at radius 2 is 1.91 bits per heavy atom. The lowest BCUT2D eigenvalue weighted by Crippen LogP contribution is -2.27. The monoisotopic (exact) mass is 157 g/mol. The van der Waals surface area contributed by atoms with Crippen molar-refractivity contribution in [2.75, 3.05) is 0 Å². The van der Waals surface area contributed by atoms with Gasteiger partial charge in [0.1, 0.15) is 0 Å². The minimum Gasteiger partial charge on any atom is -0.393 e. The quantitative estimate of drug-likeness (QED) is 0.634. The van der Waals surface area contributed by atoms with Crippen LogP contribution >= 0.6 is 0 Å². The van der Waals surface area contributed by atoms with E-state index in [-0.39, 0.29) is 6.10 Å². The Hall–Kier alpha value is -0.0800. The number of hydrogen-bond donors (Lipinski definition) is 2. The molecule has 3 N–H and O–H groups in total. The molecule has 0 aromatic rings. The molecule has 1 aliphatic rings. The van der Waals surface area contributed by atoms with Gasteiger partial charge in [0.15, 0.2) is 0 Å². The largest absolute Gasteiger partial charge is 0.393 e. The van der Waals surface area contributed by atoms with Crippen LogP contribution in [0, 0.1) is 5.92 Å². The van der Waals surface area contributed by atoms with Crippen molar-refractivity contribution in [3.05, 3.63) is 0 Å². The second-order valence-corrected chi connectivity index (χ2v) is 3.87. The summed E-state index contributed by atoms with van der Waals surface area (Å²) in [5.74, 6) is 0.731. The van der Waals surface area contributed by atoms with Crippen LogP contribution < -0.4 is 5.73 Å². The minimum atomic E-state index is -0.130. The maximum absolute atomic E-state index is 9.14. The molecule has 11 heavy (non-hydrogen) atoms. The van der Waals surface area contributed by atoms with Crippen LogP contribution in [0.5, 0.6) is 0 Å². The number of aliphatic hydroxyl groups is 1. The van der Waals surface area contributed by atoms with Gasteiger partial charge in [0.05, 0.1) is 6.10 Å². The normalized spacial score (nSPS) is 35.2. The summed E-state index contributed by atoms with van der Waals surface area (Å²) in [7, 11) is 0. The molecule has 0 amide bonds. The zero-order chi connectivity index (χ0) is 8.27. The number of hydrogen-bond acceptors (Lipinski definition) is 2. The molecular weight excluding hydrogens is 138 g/mol. The first-order valence-electron chi connectivity index (χ1n) is 4.62. The molecule has 0 bridgehead atoms. The van der Waals surface area contributed by atoms with Crippen LogP contribution in [0.1, 0.15) is 39.0 Å². The van der Waals surface area contributed by atoms with Gasteiger partial charge in [-0.05, 0) is 44.9 Å². The average Bonchev–Trinajstić information content (AvgIpc) is 1.93. The summed E-state index contributed by atoms with van der Waals surface area (Å²) in [6.07, 6.45) is 5.56. The molecule has 0 heterocycles. The van der Waals surface area contributed by atoms with E-state index in [4.69, 9.17) is 10.8 Å². The predicted molar refractivity (Wildman–Crippen MR) is 46.2 cm³/mol. The van der Waals surface area contributed by atoms with Gasteiger partial charge in [-0.3, -0.25) is 0 Å². The first-order valence-corrected chi connectivity index (χ1v) is 4.62. The Bertz CT molecular complexity index is 106. The minimum absolute atomic E-state index is 0.130. The van der Waals surface area contributed by atoms with E-state index in [0.29, 0.717) is 6.04 Å². The molecule has 0 aromatic carbocycles. The van der Waals surface area contributed by atoms with Crippen LogP contribution in [0.2, 0.25) is 0 Å². The summed E-state index contributed by atoms with van der Waals surface area (Å²) in [5, 5.41) is 9.14. The first-order chi connectivity index (χ1) is 5.18. The maximum Gasteiger partial charge on any atom is 0.0514 e. The SMILES string of the molecule is CC(O)C[C@H]1CC[C@H](N)CC1. The van der Waals surface area contributed by atoms with Crippen molar-refractivity contribution in [3.63, 3.8) is 0 Å². The molecule has 2 heteroatoms. The smallest absolute Gasteiger partial charge is 0.0514 e. The van der Waals surface area contributed by atoms with Crippen molar-refractivity contribution in [2.24, 2.45) is 11.7 Å². The van der Waals surface area contributed by atoms with Gasteiger partial charge in [0.25, 0.3) is 0 Å².